The molecule has 1 aliphatic rings. The highest BCUT2D eigenvalue weighted by molar-refractivity contribution is 5.73. The van der Waals surface area contributed by atoms with E-state index >= 15 is 0 Å². The van der Waals surface area contributed by atoms with Gasteiger partial charge in [0.05, 0.1) is 31.0 Å². The summed E-state index contributed by atoms with van der Waals surface area (Å²) in [4.78, 5) is 0. The molecule has 0 spiro atoms. The number of aromatic nitrogens is 4. The lowest BCUT2D eigenvalue weighted by Crippen LogP contribution is -2.23. The van der Waals surface area contributed by atoms with Crippen molar-refractivity contribution in [2.24, 2.45) is 0 Å². The van der Waals surface area contributed by atoms with E-state index in [2.05, 4.69) is 15.5 Å². The number of tetrazole rings is 1. The molecule has 2 N–H and O–H groups in total. The fourth-order valence-corrected chi connectivity index (χ4v) is 2.49. The van der Waals surface area contributed by atoms with Crippen LogP contribution in [0, 0.1) is 0 Å². The summed E-state index contributed by atoms with van der Waals surface area (Å²) in [6.07, 6.45) is 2.01. The zero-order valence-corrected chi connectivity index (χ0v) is 11.3. The maximum absolute atomic E-state index is 5.94. The van der Waals surface area contributed by atoms with Gasteiger partial charge in [-0.05, 0) is 35.4 Å². The number of hydrogen-bond acceptors (Lipinski definition) is 6. The minimum atomic E-state index is 0.153. The van der Waals surface area contributed by atoms with Crippen molar-refractivity contribution in [1.82, 2.24) is 20.2 Å². The molecule has 0 bridgehead atoms. The molecule has 0 amide bonds. The van der Waals surface area contributed by atoms with Gasteiger partial charge in [0.1, 0.15) is 0 Å². The Balaban J connectivity index is 2.03. The van der Waals surface area contributed by atoms with Gasteiger partial charge in [-0.1, -0.05) is 6.07 Å². The third-order valence-corrected chi connectivity index (χ3v) is 3.47. The van der Waals surface area contributed by atoms with E-state index in [9.17, 15) is 0 Å². The van der Waals surface area contributed by atoms with Gasteiger partial charge < -0.3 is 15.2 Å². The largest absolute Gasteiger partial charge is 0.494 e. The van der Waals surface area contributed by atoms with Crippen LogP contribution in [0.5, 0.6) is 5.75 Å². The third kappa shape index (κ3) is 2.20. The number of ether oxygens (including phenoxy) is 2. The zero-order chi connectivity index (χ0) is 13.9. The lowest BCUT2D eigenvalue weighted by Gasteiger charge is -2.23. The first-order chi connectivity index (χ1) is 9.81. The lowest BCUT2D eigenvalue weighted by molar-refractivity contribution is 0.0548. The summed E-state index contributed by atoms with van der Waals surface area (Å²) < 4.78 is 12.7. The SMILES string of the molecule is COc1c(N)cccc1-c1nnnn1C1CCCOC1. The molecule has 0 aliphatic carbocycles. The molecule has 1 aliphatic heterocycles. The maximum atomic E-state index is 5.94. The first-order valence-corrected chi connectivity index (χ1v) is 6.59. The Hall–Kier alpha value is -2.15. The highest BCUT2D eigenvalue weighted by Gasteiger charge is 2.23. The van der Waals surface area contributed by atoms with Gasteiger partial charge in [-0.15, -0.1) is 5.10 Å². The molecule has 7 nitrogen and oxygen atoms in total. The van der Waals surface area contributed by atoms with E-state index in [4.69, 9.17) is 15.2 Å². The molecule has 20 heavy (non-hydrogen) atoms. The number of para-hydroxylation sites is 1. The molecule has 106 valence electrons. The molecule has 0 radical (unpaired) electrons. The van der Waals surface area contributed by atoms with Crippen LogP contribution in [-0.2, 0) is 4.74 Å². The van der Waals surface area contributed by atoms with Crippen molar-refractivity contribution in [3.63, 3.8) is 0 Å². The van der Waals surface area contributed by atoms with Crippen molar-refractivity contribution in [3.8, 4) is 17.1 Å². The number of hydrogen-bond donors (Lipinski definition) is 1. The molecule has 0 saturated carbocycles. The Morgan fingerprint density at radius 1 is 1.45 bits per heavy atom. The molecule has 1 fully saturated rings. The first-order valence-electron chi connectivity index (χ1n) is 6.59. The summed E-state index contributed by atoms with van der Waals surface area (Å²) >= 11 is 0. The molecule has 1 aromatic carbocycles. The van der Waals surface area contributed by atoms with Gasteiger partial charge in [0, 0.05) is 6.61 Å². The Labute approximate surface area is 116 Å². The second kappa shape index (κ2) is 5.46. The van der Waals surface area contributed by atoms with Crippen molar-refractivity contribution < 1.29 is 9.47 Å². The van der Waals surface area contributed by atoms with E-state index in [1.165, 1.54) is 0 Å². The van der Waals surface area contributed by atoms with Crippen molar-refractivity contribution >= 4 is 5.69 Å². The van der Waals surface area contributed by atoms with Crippen LogP contribution in [0.25, 0.3) is 11.4 Å². The van der Waals surface area contributed by atoms with Gasteiger partial charge in [0.2, 0.25) is 0 Å². The van der Waals surface area contributed by atoms with Crippen LogP contribution in [0.1, 0.15) is 18.9 Å². The Bertz CT molecular complexity index is 592. The molecule has 7 heteroatoms. The molecule has 2 heterocycles. The van der Waals surface area contributed by atoms with E-state index < -0.39 is 0 Å². The number of rotatable bonds is 3. The van der Waals surface area contributed by atoms with Crippen LogP contribution in [0.3, 0.4) is 0 Å². The summed E-state index contributed by atoms with van der Waals surface area (Å²) in [7, 11) is 1.59. The number of nitrogen functional groups attached to an aromatic ring is 1. The smallest absolute Gasteiger partial charge is 0.186 e. The third-order valence-electron chi connectivity index (χ3n) is 3.47. The van der Waals surface area contributed by atoms with E-state index in [1.54, 1.807) is 17.9 Å². The number of anilines is 1. The van der Waals surface area contributed by atoms with Gasteiger partial charge in [-0.2, -0.15) is 0 Å². The molecule has 1 atom stereocenters. The summed E-state index contributed by atoms with van der Waals surface area (Å²) in [6, 6.07) is 5.71. The van der Waals surface area contributed by atoms with Crippen molar-refractivity contribution in [2.75, 3.05) is 26.1 Å². The Morgan fingerprint density at radius 3 is 3.10 bits per heavy atom. The number of methoxy groups -OCH3 is 1. The standard InChI is InChI=1S/C13H17N5O2/c1-19-12-10(5-2-6-11(12)14)13-15-16-17-18(13)9-4-3-7-20-8-9/h2,5-6,9H,3-4,7-8,14H2,1H3. The monoisotopic (exact) mass is 275 g/mol. The first kappa shape index (κ1) is 12.9. The molecule has 1 aromatic heterocycles. The summed E-state index contributed by atoms with van der Waals surface area (Å²) in [6.45, 7) is 1.43. The van der Waals surface area contributed by atoms with E-state index in [0.29, 0.717) is 23.9 Å². The van der Waals surface area contributed by atoms with Crippen molar-refractivity contribution in [3.05, 3.63) is 18.2 Å². The zero-order valence-electron chi connectivity index (χ0n) is 11.3. The van der Waals surface area contributed by atoms with Gasteiger partial charge >= 0.3 is 0 Å². The maximum Gasteiger partial charge on any atom is 0.186 e. The molecule has 1 saturated heterocycles. The second-order valence-corrected chi connectivity index (χ2v) is 4.75. The Kier molecular flexibility index (Phi) is 3.51. The van der Waals surface area contributed by atoms with Crippen LogP contribution in [-0.4, -0.2) is 40.5 Å². The molecule has 3 rings (SSSR count). The van der Waals surface area contributed by atoms with E-state index in [-0.39, 0.29) is 6.04 Å². The van der Waals surface area contributed by atoms with Crippen molar-refractivity contribution in [1.29, 1.82) is 0 Å². The average Bonchev–Trinajstić information content (AvgIpc) is 2.97. The fourth-order valence-electron chi connectivity index (χ4n) is 2.49. The Morgan fingerprint density at radius 2 is 2.35 bits per heavy atom. The predicted octanol–water partition coefficient (Wildman–Crippen LogP) is 1.28. The van der Waals surface area contributed by atoms with E-state index in [1.807, 2.05) is 12.1 Å². The van der Waals surface area contributed by atoms with Crippen LogP contribution >= 0.6 is 0 Å². The molecular formula is C13H17N5O2. The van der Waals surface area contributed by atoms with Gasteiger partial charge in [0.25, 0.3) is 0 Å². The fraction of sp³-hybridized carbons (Fsp3) is 0.462. The van der Waals surface area contributed by atoms with Crippen LogP contribution < -0.4 is 10.5 Å². The minimum Gasteiger partial charge on any atom is -0.494 e. The van der Waals surface area contributed by atoms with Gasteiger partial charge in [-0.25, -0.2) is 4.68 Å². The average molecular weight is 275 g/mol. The summed E-state index contributed by atoms with van der Waals surface area (Å²) in [5.74, 6) is 1.25. The topological polar surface area (TPSA) is 88.1 Å². The lowest BCUT2D eigenvalue weighted by atomic mass is 10.1. The minimum absolute atomic E-state index is 0.153. The number of nitrogens with two attached hydrogens (primary N) is 1. The quantitative estimate of drug-likeness (QED) is 0.849. The van der Waals surface area contributed by atoms with Gasteiger partial charge in [-0.3, -0.25) is 0 Å². The normalized spacial score (nSPS) is 18.9. The highest BCUT2D eigenvalue weighted by Crippen LogP contribution is 2.34. The summed E-state index contributed by atoms with van der Waals surface area (Å²) in [5.41, 5.74) is 7.30. The molecule has 1 unspecified atom stereocenters. The van der Waals surface area contributed by atoms with Crippen LogP contribution in [0.15, 0.2) is 18.2 Å². The molecule has 2 aromatic rings. The van der Waals surface area contributed by atoms with Crippen molar-refractivity contribution in [2.45, 2.75) is 18.9 Å². The highest BCUT2D eigenvalue weighted by atomic mass is 16.5. The number of nitrogens with zero attached hydrogens (tertiary/aromatic N) is 4. The predicted molar refractivity (Wildman–Crippen MR) is 73.3 cm³/mol. The molecular weight excluding hydrogens is 258 g/mol. The van der Waals surface area contributed by atoms with Crippen LogP contribution in [0.2, 0.25) is 0 Å². The number of benzene rings is 1. The second-order valence-electron chi connectivity index (χ2n) is 4.75. The summed E-state index contributed by atoms with van der Waals surface area (Å²) in [5, 5.41) is 12.0. The van der Waals surface area contributed by atoms with Gasteiger partial charge in [0.15, 0.2) is 11.6 Å². The van der Waals surface area contributed by atoms with E-state index in [0.717, 1.165) is 25.0 Å². The van der Waals surface area contributed by atoms with Crippen LogP contribution in [0.4, 0.5) is 5.69 Å².